The normalized spacial score (nSPS) is 12.4. The van der Waals surface area contributed by atoms with Crippen LogP contribution in [0.2, 0.25) is 15.1 Å². The molecule has 2 rings (SSSR count). The maximum Gasteiger partial charge on any atom is 0.0465 e. The molecule has 0 aromatic heterocycles. The summed E-state index contributed by atoms with van der Waals surface area (Å²) in [4.78, 5) is 0. The van der Waals surface area contributed by atoms with Crippen LogP contribution in [-0.4, -0.2) is 0 Å². The van der Waals surface area contributed by atoms with Crippen LogP contribution in [0.1, 0.15) is 24.1 Å². The average molecular weight is 315 g/mol. The third-order valence-electron chi connectivity index (χ3n) is 2.96. The highest BCUT2D eigenvalue weighted by Crippen LogP contribution is 2.22. The minimum atomic E-state index is 0.199. The maximum absolute atomic E-state index is 6.14. The quantitative estimate of drug-likeness (QED) is 0.786. The van der Waals surface area contributed by atoms with Gasteiger partial charge in [0.25, 0.3) is 0 Å². The lowest BCUT2D eigenvalue weighted by molar-refractivity contribution is 0.575. The standard InChI is InChI=1S/C15H14Cl3N/c1-10(11-3-2-4-13(16)7-11)19-9-12-5-6-14(17)8-15(12)18/h2-8,10,19H,9H2,1H3/t10-/m0/s1. The van der Waals surface area contributed by atoms with Gasteiger partial charge in [-0.05, 0) is 42.3 Å². The fourth-order valence-electron chi connectivity index (χ4n) is 1.82. The molecule has 0 aliphatic carbocycles. The zero-order valence-electron chi connectivity index (χ0n) is 10.5. The Labute approximate surface area is 128 Å². The predicted octanol–water partition coefficient (Wildman–Crippen LogP) is 5.50. The minimum Gasteiger partial charge on any atom is -0.306 e. The van der Waals surface area contributed by atoms with Crippen LogP contribution in [0.15, 0.2) is 42.5 Å². The van der Waals surface area contributed by atoms with E-state index < -0.39 is 0 Å². The smallest absolute Gasteiger partial charge is 0.0465 e. The number of hydrogen-bond acceptors (Lipinski definition) is 1. The second-order valence-electron chi connectivity index (χ2n) is 4.39. The zero-order valence-corrected chi connectivity index (χ0v) is 12.7. The number of nitrogens with one attached hydrogen (secondary N) is 1. The molecule has 0 fully saturated rings. The van der Waals surface area contributed by atoms with Crippen molar-refractivity contribution >= 4 is 34.8 Å². The largest absolute Gasteiger partial charge is 0.306 e. The Balaban J connectivity index is 2.02. The number of rotatable bonds is 4. The van der Waals surface area contributed by atoms with Crippen LogP contribution >= 0.6 is 34.8 Å². The van der Waals surface area contributed by atoms with Gasteiger partial charge in [-0.25, -0.2) is 0 Å². The van der Waals surface area contributed by atoms with Gasteiger partial charge < -0.3 is 5.32 Å². The van der Waals surface area contributed by atoms with Crippen molar-refractivity contribution in [2.24, 2.45) is 0 Å². The molecule has 0 saturated heterocycles. The molecule has 0 amide bonds. The molecule has 0 bridgehead atoms. The fourth-order valence-corrected chi connectivity index (χ4v) is 2.50. The molecule has 0 unspecified atom stereocenters. The van der Waals surface area contributed by atoms with Crippen LogP contribution in [0.4, 0.5) is 0 Å². The summed E-state index contributed by atoms with van der Waals surface area (Å²) < 4.78 is 0. The third kappa shape index (κ3) is 4.12. The van der Waals surface area contributed by atoms with Crippen molar-refractivity contribution in [3.8, 4) is 0 Å². The lowest BCUT2D eigenvalue weighted by atomic mass is 10.1. The van der Waals surface area contributed by atoms with Crippen LogP contribution in [0.5, 0.6) is 0 Å². The summed E-state index contributed by atoms with van der Waals surface area (Å²) in [7, 11) is 0. The summed E-state index contributed by atoms with van der Waals surface area (Å²) >= 11 is 18.0. The minimum absolute atomic E-state index is 0.199. The van der Waals surface area contributed by atoms with Gasteiger partial charge in [0.2, 0.25) is 0 Å². The lowest BCUT2D eigenvalue weighted by Crippen LogP contribution is -2.18. The number of halogens is 3. The van der Waals surface area contributed by atoms with Gasteiger partial charge in [0.1, 0.15) is 0 Å². The monoisotopic (exact) mass is 313 g/mol. The highest BCUT2D eigenvalue weighted by atomic mass is 35.5. The highest BCUT2D eigenvalue weighted by molar-refractivity contribution is 6.35. The molecule has 100 valence electrons. The van der Waals surface area contributed by atoms with Gasteiger partial charge in [0.15, 0.2) is 0 Å². The van der Waals surface area contributed by atoms with Crippen molar-refractivity contribution in [3.63, 3.8) is 0 Å². The Hall–Kier alpha value is -0.730. The van der Waals surface area contributed by atoms with E-state index in [0.717, 1.165) is 16.1 Å². The van der Waals surface area contributed by atoms with Crippen LogP contribution in [0, 0.1) is 0 Å². The molecular weight excluding hydrogens is 301 g/mol. The topological polar surface area (TPSA) is 12.0 Å². The average Bonchev–Trinajstić information content (AvgIpc) is 2.37. The van der Waals surface area contributed by atoms with Gasteiger partial charge in [0, 0.05) is 27.7 Å². The first-order chi connectivity index (χ1) is 9.06. The summed E-state index contributed by atoms with van der Waals surface area (Å²) in [6.45, 7) is 2.78. The van der Waals surface area contributed by atoms with Crippen molar-refractivity contribution in [1.29, 1.82) is 0 Å². The van der Waals surface area contributed by atoms with Gasteiger partial charge in [-0.3, -0.25) is 0 Å². The molecule has 0 saturated carbocycles. The van der Waals surface area contributed by atoms with E-state index in [1.807, 2.05) is 36.4 Å². The molecule has 4 heteroatoms. The Kier molecular flexibility index (Phi) is 5.12. The Morgan fingerprint density at radius 3 is 2.42 bits per heavy atom. The van der Waals surface area contributed by atoms with Crippen molar-refractivity contribution in [2.45, 2.75) is 19.5 Å². The molecule has 0 aliphatic heterocycles. The van der Waals surface area contributed by atoms with Crippen LogP contribution in [0.3, 0.4) is 0 Å². The molecule has 1 nitrogen and oxygen atoms in total. The summed E-state index contributed by atoms with van der Waals surface area (Å²) in [5.74, 6) is 0. The zero-order chi connectivity index (χ0) is 13.8. The molecule has 2 aromatic carbocycles. The van der Waals surface area contributed by atoms with Crippen molar-refractivity contribution in [2.75, 3.05) is 0 Å². The van der Waals surface area contributed by atoms with Crippen LogP contribution in [-0.2, 0) is 6.54 Å². The Bertz CT molecular complexity index is 569. The van der Waals surface area contributed by atoms with E-state index in [9.17, 15) is 0 Å². The van der Waals surface area contributed by atoms with Crippen molar-refractivity contribution < 1.29 is 0 Å². The van der Waals surface area contributed by atoms with Crippen molar-refractivity contribution in [3.05, 3.63) is 68.7 Å². The van der Waals surface area contributed by atoms with E-state index >= 15 is 0 Å². The van der Waals surface area contributed by atoms with E-state index in [0.29, 0.717) is 16.6 Å². The Morgan fingerprint density at radius 1 is 1.00 bits per heavy atom. The maximum atomic E-state index is 6.14. The molecule has 0 spiro atoms. The molecule has 19 heavy (non-hydrogen) atoms. The molecular formula is C15H14Cl3N. The molecule has 0 radical (unpaired) electrons. The first-order valence-corrected chi connectivity index (χ1v) is 7.12. The lowest BCUT2D eigenvalue weighted by Gasteiger charge is -2.15. The summed E-state index contributed by atoms with van der Waals surface area (Å²) in [5.41, 5.74) is 2.18. The van der Waals surface area contributed by atoms with E-state index in [1.54, 1.807) is 6.07 Å². The fraction of sp³-hybridized carbons (Fsp3) is 0.200. The Morgan fingerprint density at radius 2 is 1.74 bits per heavy atom. The molecule has 0 heterocycles. The number of hydrogen-bond donors (Lipinski definition) is 1. The SMILES string of the molecule is C[C@H](NCc1ccc(Cl)cc1Cl)c1cccc(Cl)c1. The molecule has 1 atom stereocenters. The van der Waals surface area contributed by atoms with Crippen LogP contribution in [0.25, 0.3) is 0 Å². The second-order valence-corrected chi connectivity index (χ2v) is 5.67. The van der Waals surface area contributed by atoms with Gasteiger partial charge in [-0.1, -0.05) is 53.0 Å². The molecule has 1 N–H and O–H groups in total. The first kappa shape index (κ1) is 14.7. The van der Waals surface area contributed by atoms with Crippen molar-refractivity contribution in [1.82, 2.24) is 5.32 Å². The second kappa shape index (κ2) is 6.62. The number of benzene rings is 2. The summed E-state index contributed by atoms with van der Waals surface area (Å²) in [5, 5.41) is 5.49. The highest BCUT2D eigenvalue weighted by Gasteiger charge is 2.07. The van der Waals surface area contributed by atoms with E-state index in [-0.39, 0.29) is 6.04 Å². The molecule has 0 aliphatic rings. The van der Waals surface area contributed by atoms with Gasteiger partial charge in [-0.15, -0.1) is 0 Å². The summed E-state index contributed by atoms with van der Waals surface area (Å²) in [6, 6.07) is 13.6. The first-order valence-electron chi connectivity index (χ1n) is 5.99. The third-order valence-corrected chi connectivity index (χ3v) is 3.78. The van der Waals surface area contributed by atoms with E-state index in [2.05, 4.69) is 12.2 Å². The molecule has 2 aromatic rings. The van der Waals surface area contributed by atoms with Gasteiger partial charge in [-0.2, -0.15) is 0 Å². The van der Waals surface area contributed by atoms with Gasteiger partial charge >= 0.3 is 0 Å². The van der Waals surface area contributed by atoms with Gasteiger partial charge in [0.05, 0.1) is 0 Å². The summed E-state index contributed by atoms with van der Waals surface area (Å²) in [6.07, 6.45) is 0. The van der Waals surface area contributed by atoms with E-state index in [4.69, 9.17) is 34.8 Å². The van der Waals surface area contributed by atoms with E-state index in [1.165, 1.54) is 0 Å². The van der Waals surface area contributed by atoms with Crippen LogP contribution < -0.4 is 5.32 Å². The predicted molar refractivity (Wildman–Crippen MR) is 83.2 cm³/mol.